The molecule has 3 heterocycles. The Hall–Kier alpha value is -5.47. The summed E-state index contributed by atoms with van der Waals surface area (Å²) in [4.78, 5) is 49.1. The van der Waals surface area contributed by atoms with E-state index in [-0.39, 0.29) is 43.9 Å². The number of carbonyl (C=O) groups is 2. The second-order valence-electron chi connectivity index (χ2n) is 17.8. The minimum absolute atomic E-state index is 0.189. The Labute approximate surface area is 420 Å². The number of aromatic nitrogens is 5. The molecule has 0 bridgehead atoms. The molecule has 1 fully saturated rings. The second-order valence-corrected chi connectivity index (χ2v) is 23.5. The van der Waals surface area contributed by atoms with Gasteiger partial charge in [-0.2, -0.15) is 49.6 Å². The fraction of sp³-hybridized carbons (Fsp3) is 0.419. The average molecular weight is 1130 g/mol. The number of nitrogens with zero attached hydrogens (tertiary/aromatic N) is 6. The van der Waals surface area contributed by atoms with E-state index in [0.717, 1.165) is 36.6 Å². The number of esters is 1. The van der Waals surface area contributed by atoms with Gasteiger partial charge in [0.25, 0.3) is 5.92 Å². The molecule has 2 unspecified atom stereocenters. The van der Waals surface area contributed by atoms with Gasteiger partial charge < -0.3 is 19.8 Å². The molecule has 400 valence electrons. The molecule has 1 saturated carbocycles. The zero-order chi connectivity index (χ0) is 54.8. The minimum atomic E-state index is -5.23. The summed E-state index contributed by atoms with van der Waals surface area (Å²) in [6, 6.07) is 4.93. The van der Waals surface area contributed by atoms with Crippen LogP contribution in [-0.4, -0.2) is 97.8 Å². The minimum Gasteiger partial charge on any atom is -0.448 e. The Bertz CT molecular complexity index is 3320. The van der Waals surface area contributed by atoms with Crippen LogP contribution in [0.3, 0.4) is 0 Å². The van der Waals surface area contributed by atoms with Gasteiger partial charge >= 0.3 is 25.9 Å². The Morgan fingerprint density at radius 2 is 1.69 bits per heavy atom. The van der Waals surface area contributed by atoms with E-state index < -0.39 is 172 Å². The van der Waals surface area contributed by atoms with E-state index in [1.807, 2.05) is 0 Å². The average Bonchev–Trinajstić information content (AvgIpc) is 3.77. The molecule has 4 atom stereocenters. The van der Waals surface area contributed by atoms with Crippen molar-refractivity contribution in [3.63, 3.8) is 0 Å². The summed E-state index contributed by atoms with van der Waals surface area (Å²) in [5.41, 5.74) is -6.07. The highest BCUT2D eigenvalue weighted by Crippen LogP contribution is 2.68. The van der Waals surface area contributed by atoms with Crippen molar-refractivity contribution in [1.29, 1.82) is 0 Å². The van der Waals surface area contributed by atoms with E-state index >= 15 is 8.78 Å². The van der Waals surface area contributed by atoms with Gasteiger partial charge in [0.05, 0.1) is 47.1 Å². The lowest BCUT2D eigenvalue weighted by Crippen LogP contribution is -2.35. The molecule has 2 aliphatic carbocycles. The molecule has 0 aliphatic heterocycles. The number of halogens is 11. The highest BCUT2D eigenvalue weighted by atomic mass is 35.5. The summed E-state index contributed by atoms with van der Waals surface area (Å²) < 4.78 is 210. The first-order valence-corrected chi connectivity index (χ1v) is 26.5. The molecule has 2 aromatic carbocycles. The third-order valence-corrected chi connectivity index (χ3v) is 15.7. The number of carbonyl (C=O) groups excluding carboxylic acids is 2. The summed E-state index contributed by atoms with van der Waals surface area (Å²) in [6.07, 6.45) is -12.2. The largest absolute Gasteiger partial charge is 0.448 e. The second kappa shape index (κ2) is 20.2. The van der Waals surface area contributed by atoms with E-state index in [4.69, 9.17) is 26.1 Å². The highest BCUT2D eigenvalue weighted by Gasteiger charge is 2.68. The van der Waals surface area contributed by atoms with Crippen LogP contribution < -0.4 is 5.32 Å². The van der Waals surface area contributed by atoms with E-state index in [0.29, 0.717) is 15.1 Å². The molecule has 0 spiro atoms. The normalized spacial score (nSPS) is 17.4. The van der Waals surface area contributed by atoms with Gasteiger partial charge in [0, 0.05) is 40.3 Å². The monoisotopic (exact) mass is 1130 g/mol. The molecule has 7 rings (SSSR count). The van der Waals surface area contributed by atoms with Crippen LogP contribution in [0.15, 0.2) is 42.5 Å². The molecule has 1 amide bonds. The first-order valence-electron chi connectivity index (χ1n) is 21.4. The lowest BCUT2D eigenvalue weighted by Gasteiger charge is -2.23. The molecule has 31 heteroatoms. The molecule has 5 aromatic rings. The smallest absolute Gasteiger partial charge is 0.435 e. The summed E-state index contributed by atoms with van der Waals surface area (Å²) >= 11 is 3.53. The van der Waals surface area contributed by atoms with Crippen molar-refractivity contribution in [3.8, 4) is 23.0 Å². The SMILES string of the molecule is CC(C)(C#Cc1ccc(-c2ccc(Cl)c3c(CN(COC(=O)CCP(=O)(O)O)S(=O)O)nn(CC(F)(F)F)c23)c(C(Cc2cc(F)cc(F)c2)NC(=O)Cn2nc(C(F)(F)F)c3c2C(F)(F)[C@@H]2C[C@H]32)n1)S(C)(=O)=O. The van der Waals surface area contributed by atoms with Crippen molar-refractivity contribution < 1.29 is 89.8 Å². The van der Waals surface area contributed by atoms with Crippen molar-refractivity contribution in [2.24, 2.45) is 5.92 Å². The number of benzene rings is 2. The van der Waals surface area contributed by atoms with Crippen LogP contribution in [0.1, 0.15) is 78.2 Å². The van der Waals surface area contributed by atoms with Crippen LogP contribution in [0.2, 0.25) is 5.02 Å². The quantitative estimate of drug-likeness (QED) is 0.0179. The Morgan fingerprint density at radius 1 is 1.04 bits per heavy atom. The molecular weight excluding hydrogens is 1100 g/mol. The zero-order valence-corrected chi connectivity index (χ0v) is 41.5. The van der Waals surface area contributed by atoms with Crippen LogP contribution in [0.25, 0.3) is 22.0 Å². The fourth-order valence-electron chi connectivity index (χ4n) is 8.23. The number of pyridine rings is 1. The number of rotatable bonds is 17. The first kappa shape index (κ1) is 56.3. The number of alkyl halides is 8. The maximum atomic E-state index is 15.6. The van der Waals surface area contributed by atoms with Gasteiger partial charge in [-0.05, 0) is 74.4 Å². The van der Waals surface area contributed by atoms with Gasteiger partial charge in [-0.25, -0.2) is 26.4 Å². The van der Waals surface area contributed by atoms with Gasteiger partial charge in [-0.1, -0.05) is 23.6 Å². The van der Waals surface area contributed by atoms with E-state index in [1.165, 1.54) is 19.9 Å². The number of sulfone groups is 1. The van der Waals surface area contributed by atoms with Crippen molar-refractivity contribution >= 4 is 63.1 Å². The zero-order valence-electron chi connectivity index (χ0n) is 38.2. The van der Waals surface area contributed by atoms with E-state index in [2.05, 4.69) is 32.3 Å². The number of hydrogen-bond acceptors (Lipinski definition) is 10. The highest BCUT2D eigenvalue weighted by molar-refractivity contribution is 7.92. The molecule has 4 N–H and O–H groups in total. The van der Waals surface area contributed by atoms with Gasteiger partial charge in [0.2, 0.25) is 17.2 Å². The molecule has 0 saturated heterocycles. The van der Waals surface area contributed by atoms with Gasteiger partial charge in [-0.15, -0.1) is 0 Å². The third kappa shape index (κ3) is 12.4. The Balaban J connectivity index is 1.41. The summed E-state index contributed by atoms with van der Waals surface area (Å²) in [5.74, 6) is -6.33. The summed E-state index contributed by atoms with van der Waals surface area (Å²) in [5, 5.41) is 9.15. The Kier molecular flexibility index (Phi) is 15.4. The van der Waals surface area contributed by atoms with E-state index in [1.54, 1.807) is 0 Å². The molecule has 3 aromatic heterocycles. The molecule has 2 aliphatic rings. The number of amides is 1. The number of fused-ring (bicyclic) bond motifs is 4. The van der Waals surface area contributed by atoms with Crippen LogP contribution in [0.4, 0.5) is 43.9 Å². The van der Waals surface area contributed by atoms with Crippen molar-refractivity contribution in [3.05, 3.63) is 98.7 Å². The number of ether oxygens (including phenoxy) is 1. The van der Waals surface area contributed by atoms with Gasteiger partial charge in [0.15, 0.2) is 22.3 Å². The van der Waals surface area contributed by atoms with Crippen LogP contribution >= 0.6 is 19.2 Å². The maximum absolute atomic E-state index is 15.6. The summed E-state index contributed by atoms with van der Waals surface area (Å²) in [6.45, 7) is -2.72. The molecule has 17 nitrogen and oxygen atoms in total. The maximum Gasteiger partial charge on any atom is 0.435 e. The standard InChI is InChI=1S/C43H39ClF10N7O10PS2/c1-40(2,74(3,69)70)10-8-24-4-5-25(26-6-7-29(44)35-31(57-61(37(26)35)19-41(47,48)49)17-59(73(67)68)20-71-33(63)9-11-72(64,65)66)36(55-24)30(14-21-12-22(45)15-23(46)13-21)56-32(62)18-60-39-34(38(58-60)43(52,53)54)27-16-28(27)42(39,50)51/h4-7,12-13,15,27-28,30H,9,11,14,16-20H2,1-3H3,(H,56,62)(H,67,68)(H2,64,65,66)/t27-,28+,30?/m0/s1. The van der Waals surface area contributed by atoms with Crippen molar-refractivity contribution in [2.75, 3.05) is 19.1 Å². The van der Waals surface area contributed by atoms with E-state index in [9.17, 15) is 66.5 Å². The van der Waals surface area contributed by atoms with Crippen LogP contribution in [-0.2, 0) is 78.1 Å². The lowest BCUT2D eigenvalue weighted by molar-refractivity contribution is -0.146. The topological polar surface area (TPSA) is 236 Å². The van der Waals surface area contributed by atoms with Crippen LogP contribution in [0.5, 0.6) is 0 Å². The first-order chi connectivity index (χ1) is 34.0. The summed E-state index contributed by atoms with van der Waals surface area (Å²) in [7, 11) is -8.60. The van der Waals surface area contributed by atoms with Crippen molar-refractivity contribution in [1.82, 2.24) is 34.2 Å². The van der Waals surface area contributed by atoms with Crippen molar-refractivity contribution in [2.45, 2.75) is 87.7 Å². The van der Waals surface area contributed by atoms with Gasteiger partial charge in [0.1, 0.15) is 40.9 Å². The predicted molar refractivity (Wildman–Crippen MR) is 242 cm³/mol. The molecular formula is C43H39ClF10N7O10PS2. The lowest BCUT2D eigenvalue weighted by atomic mass is 9.93. The number of hydrogen-bond donors (Lipinski definition) is 4. The molecule has 0 radical (unpaired) electrons. The fourth-order valence-corrected chi connectivity index (χ4v) is 9.58. The third-order valence-electron chi connectivity index (χ3n) is 11.9. The predicted octanol–water partition coefficient (Wildman–Crippen LogP) is 7.30. The Morgan fingerprint density at radius 3 is 2.28 bits per heavy atom. The molecule has 74 heavy (non-hydrogen) atoms. The van der Waals surface area contributed by atoms with Crippen LogP contribution in [0, 0.1) is 29.4 Å². The number of nitrogens with one attached hydrogen (secondary N) is 1. The van der Waals surface area contributed by atoms with Gasteiger partial charge in [-0.3, -0.25) is 28.1 Å².